The molecule has 1 saturated carbocycles. The van der Waals surface area contributed by atoms with Gasteiger partial charge in [0.2, 0.25) is 0 Å². The first-order chi connectivity index (χ1) is 16.7. The van der Waals surface area contributed by atoms with Crippen LogP contribution in [0.1, 0.15) is 18.9 Å². The second-order valence-electron chi connectivity index (χ2n) is 9.20. The highest BCUT2D eigenvalue weighted by atomic mass is 19.1. The van der Waals surface area contributed by atoms with Crippen molar-refractivity contribution in [2.45, 2.75) is 18.9 Å². The molecule has 4 aromatic rings. The van der Waals surface area contributed by atoms with Crippen LogP contribution in [0.25, 0.3) is 16.7 Å². The number of rotatable bonds is 5. The zero-order valence-electron chi connectivity index (χ0n) is 20.0. The van der Waals surface area contributed by atoms with E-state index in [2.05, 4.69) is 5.32 Å². The van der Waals surface area contributed by atoms with Crippen LogP contribution in [0, 0.1) is 5.82 Å². The number of benzene rings is 2. The summed E-state index contributed by atoms with van der Waals surface area (Å²) in [5.41, 5.74) is 1.11. The van der Waals surface area contributed by atoms with Crippen LogP contribution in [-0.4, -0.2) is 35.6 Å². The van der Waals surface area contributed by atoms with Crippen LogP contribution in [0.4, 0.5) is 21.5 Å². The Morgan fingerprint density at radius 3 is 2.43 bits per heavy atom. The van der Waals surface area contributed by atoms with Crippen LogP contribution < -0.4 is 32.5 Å². The number of anilines is 3. The van der Waals surface area contributed by atoms with E-state index in [1.165, 1.54) is 32.9 Å². The van der Waals surface area contributed by atoms with E-state index in [4.69, 9.17) is 0 Å². The van der Waals surface area contributed by atoms with Gasteiger partial charge in [-0.25, -0.2) is 13.8 Å². The molecule has 0 aliphatic heterocycles. The number of hydrogen-bond donors (Lipinski definition) is 1. The van der Waals surface area contributed by atoms with Crippen molar-refractivity contribution in [1.29, 1.82) is 0 Å². The Hall–Kier alpha value is -4.08. The molecule has 1 aliphatic rings. The van der Waals surface area contributed by atoms with Gasteiger partial charge in [-0.05, 0) is 43.2 Å². The lowest BCUT2D eigenvalue weighted by Crippen LogP contribution is -2.41. The van der Waals surface area contributed by atoms with E-state index in [-0.39, 0.29) is 28.5 Å². The fourth-order valence-corrected chi connectivity index (χ4v) is 4.33. The molecule has 10 heteroatoms. The van der Waals surface area contributed by atoms with E-state index in [1.807, 2.05) is 37.2 Å². The Labute approximate surface area is 201 Å². The molecule has 2 heterocycles. The maximum Gasteiger partial charge on any atom is 0.337 e. The highest BCUT2D eigenvalue weighted by Crippen LogP contribution is 2.33. The first kappa shape index (κ1) is 22.7. The number of aryl methyl sites for hydroxylation is 1. The molecular formula is C25H25BFN5O3. The third-order valence-corrected chi connectivity index (χ3v) is 6.36. The Kier molecular flexibility index (Phi) is 5.38. The van der Waals surface area contributed by atoms with Crippen LogP contribution in [-0.2, 0) is 7.05 Å². The number of fused-ring (bicyclic) bond motifs is 1. The van der Waals surface area contributed by atoms with Gasteiger partial charge in [-0.2, -0.15) is 0 Å². The minimum absolute atomic E-state index is 0.134. The number of pyridine rings is 1. The van der Waals surface area contributed by atoms with E-state index in [0.29, 0.717) is 5.69 Å². The smallest absolute Gasteiger partial charge is 0.337 e. The molecule has 0 spiro atoms. The van der Waals surface area contributed by atoms with Crippen LogP contribution in [0.3, 0.4) is 0 Å². The van der Waals surface area contributed by atoms with Gasteiger partial charge in [0.15, 0.2) is 0 Å². The Balaban J connectivity index is 1.89. The summed E-state index contributed by atoms with van der Waals surface area (Å²) >= 11 is 0. The largest absolute Gasteiger partial charge is 0.378 e. The maximum absolute atomic E-state index is 14.7. The number of aromatic nitrogens is 3. The van der Waals surface area contributed by atoms with E-state index in [9.17, 15) is 18.8 Å². The zero-order chi connectivity index (χ0) is 25.0. The lowest BCUT2D eigenvalue weighted by molar-refractivity contribution is 0.632. The minimum Gasteiger partial charge on any atom is -0.378 e. The van der Waals surface area contributed by atoms with E-state index < -0.39 is 22.6 Å². The lowest BCUT2D eigenvalue weighted by atomic mass is 9.96. The number of nitrogens with one attached hydrogen (secondary N) is 1. The summed E-state index contributed by atoms with van der Waals surface area (Å²) in [6.07, 6.45) is 1.44. The molecule has 1 aliphatic carbocycles. The van der Waals surface area contributed by atoms with Gasteiger partial charge < -0.3 is 10.2 Å². The molecule has 1 fully saturated rings. The van der Waals surface area contributed by atoms with Gasteiger partial charge in [-0.3, -0.25) is 18.7 Å². The van der Waals surface area contributed by atoms with Crippen molar-refractivity contribution in [3.63, 3.8) is 0 Å². The average Bonchev–Trinajstić information content (AvgIpc) is 3.64. The molecule has 35 heavy (non-hydrogen) atoms. The summed E-state index contributed by atoms with van der Waals surface area (Å²) in [5.74, 6) is -0.506. The van der Waals surface area contributed by atoms with E-state index in [0.717, 1.165) is 24.0 Å². The van der Waals surface area contributed by atoms with Gasteiger partial charge in [0, 0.05) is 38.9 Å². The van der Waals surface area contributed by atoms with Gasteiger partial charge >= 0.3 is 5.69 Å². The fourth-order valence-electron chi connectivity index (χ4n) is 4.33. The normalized spacial score (nSPS) is 13.3. The minimum atomic E-state index is -0.506. The van der Waals surface area contributed by atoms with Gasteiger partial charge in [-0.1, -0.05) is 17.6 Å². The standard InChI is InChI=1S/C25H25BFN5O3/c1-29(2)16-5-4-6-17(12-16)31-23-22(24(34)32(25(31)35)15-8-9-15)20(13-21(33)30(23)3)28-19-10-7-14(26)11-18(19)27/h4-7,10-13,15,28H,8-9,26H2,1-3H3. The molecule has 0 saturated heterocycles. The maximum atomic E-state index is 14.7. The molecule has 8 nitrogen and oxygen atoms in total. The molecule has 0 atom stereocenters. The first-order valence-electron chi connectivity index (χ1n) is 11.4. The van der Waals surface area contributed by atoms with Crippen molar-refractivity contribution in [1.82, 2.24) is 13.7 Å². The summed E-state index contributed by atoms with van der Waals surface area (Å²) in [4.78, 5) is 42.3. The molecule has 5 rings (SSSR count). The molecule has 0 bridgehead atoms. The predicted octanol–water partition coefficient (Wildman–Crippen LogP) is 1.39. The summed E-state index contributed by atoms with van der Waals surface area (Å²) < 4.78 is 18.6. The topological polar surface area (TPSA) is 81.3 Å². The molecule has 2 aromatic carbocycles. The highest BCUT2D eigenvalue weighted by Gasteiger charge is 2.31. The Bertz CT molecular complexity index is 1670. The summed E-state index contributed by atoms with van der Waals surface area (Å²) in [6, 6.07) is 13.0. The molecule has 0 radical (unpaired) electrons. The van der Waals surface area contributed by atoms with Crippen molar-refractivity contribution in [3.05, 3.63) is 85.5 Å². The van der Waals surface area contributed by atoms with Crippen molar-refractivity contribution in [2.75, 3.05) is 24.3 Å². The molecular weight excluding hydrogens is 448 g/mol. The summed E-state index contributed by atoms with van der Waals surface area (Å²) in [5, 5.41) is 3.09. The average molecular weight is 473 g/mol. The Morgan fingerprint density at radius 2 is 1.77 bits per heavy atom. The van der Waals surface area contributed by atoms with E-state index in [1.54, 1.807) is 26.0 Å². The predicted molar refractivity (Wildman–Crippen MR) is 140 cm³/mol. The van der Waals surface area contributed by atoms with Gasteiger partial charge in [0.25, 0.3) is 11.1 Å². The van der Waals surface area contributed by atoms with Crippen LogP contribution in [0.2, 0.25) is 0 Å². The third kappa shape index (κ3) is 3.84. The summed E-state index contributed by atoms with van der Waals surface area (Å²) in [6.45, 7) is 0. The van der Waals surface area contributed by atoms with Crippen molar-refractivity contribution in [2.24, 2.45) is 7.05 Å². The van der Waals surface area contributed by atoms with Gasteiger partial charge in [-0.15, -0.1) is 0 Å². The van der Waals surface area contributed by atoms with Crippen molar-refractivity contribution >= 4 is 41.4 Å². The lowest BCUT2D eigenvalue weighted by Gasteiger charge is -2.20. The zero-order valence-corrected chi connectivity index (χ0v) is 20.0. The molecule has 0 amide bonds. The first-order valence-corrected chi connectivity index (χ1v) is 11.4. The van der Waals surface area contributed by atoms with Gasteiger partial charge in [0.1, 0.15) is 24.7 Å². The third-order valence-electron chi connectivity index (χ3n) is 6.36. The SMILES string of the molecule is Bc1ccc(Nc2cc(=O)n(C)c3c2c(=O)n(C2CC2)c(=O)n3-c2cccc(N(C)C)c2)c(F)c1. The summed E-state index contributed by atoms with van der Waals surface area (Å²) in [7, 11) is 7.07. The molecule has 178 valence electrons. The Morgan fingerprint density at radius 1 is 1.03 bits per heavy atom. The van der Waals surface area contributed by atoms with Crippen LogP contribution >= 0.6 is 0 Å². The number of nitrogens with zero attached hydrogens (tertiary/aromatic N) is 4. The van der Waals surface area contributed by atoms with Gasteiger partial charge in [0.05, 0.1) is 17.1 Å². The quantitative estimate of drug-likeness (QED) is 0.444. The molecule has 2 aromatic heterocycles. The fraction of sp³-hybridized carbons (Fsp3) is 0.240. The van der Waals surface area contributed by atoms with Crippen LogP contribution in [0.15, 0.2) is 62.9 Å². The molecule has 0 unspecified atom stereocenters. The van der Waals surface area contributed by atoms with Crippen molar-refractivity contribution < 1.29 is 4.39 Å². The number of hydrogen-bond acceptors (Lipinski definition) is 5. The molecule has 1 N–H and O–H groups in total. The second kappa shape index (κ2) is 8.30. The monoisotopic (exact) mass is 473 g/mol. The highest BCUT2D eigenvalue weighted by molar-refractivity contribution is 6.32. The number of halogens is 1. The van der Waals surface area contributed by atoms with E-state index >= 15 is 0 Å². The second-order valence-corrected chi connectivity index (χ2v) is 9.20. The van der Waals surface area contributed by atoms with Crippen molar-refractivity contribution in [3.8, 4) is 5.69 Å². The van der Waals surface area contributed by atoms with Crippen LogP contribution in [0.5, 0.6) is 0 Å².